The van der Waals surface area contributed by atoms with Gasteiger partial charge in [0.1, 0.15) is 0 Å². The van der Waals surface area contributed by atoms with Gasteiger partial charge >= 0.3 is 0 Å². The monoisotopic (exact) mass is 289 g/mol. The van der Waals surface area contributed by atoms with Crippen LogP contribution < -0.4 is 10.6 Å². The van der Waals surface area contributed by atoms with E-state index in [0.29, 0.717) is 6.04 Å². The zero-order valence-electron chi connectivity index (χ0n) is 13.4. The Kier molecular flexibility index (Phi) is 5.62. The topological polar surface area (TPSA) is 44.4 Å². The quantitative estimate of drug-likeness (QED) is 0.876. The molecule has 21 heavy (non-hydrogen) atoms. The SMILES string of the molecule is CCCN1CCC(Nc2ccc(C(=O)NC)cc2C)CC1. The first-order chi connectivity index (χ1) is 10.1. The summed E-state index contributed by atoms with van der Waals surface area (Å²) >= 11 is 0. The first-order valence-corrected chi connectivity index (χ1v) is 7.95. The van der Waals surface area contributed by atoms with Crippen molar-refractivity contribution in [1.82, 2.24) is 10.2 Å². The Morgan fingerprint density at radius 1 is 1.33 bits per heavy atom. The number of likely N-dealkylation sites (tertiary alicyclic amines) is 1. The molecule has 1 aromatic carbocycles. The van der Waals surface area contributed by atoms with Crippen LogP contribution in [0.5, 0.6) is 0 Å². The Labute approximate surface area is 127 Å². The summed E-state index contributed by atoms with van der Waals surface area (Å²) < 4.78 is 0. The molecule has 2 rings (SSSR count). The van der Waals surface area contributed by atoms with E-state index >= 15 is 0 Å². The van der Waals surface area contributed by atoms with Gasteiger partial charge < -0.3 is 15.5 Å². The summed E-state index contributed by atoms with van der Waals surface area (Å²) in [7, 11) is 1.66. The Balaban J connectivity index is 1.93. The largest absolute Gasteiger partial charge is 0.382 e. The van der Waals surface area contributed by atoms with Gasteiger partial charge in [0, 0.05) is 37.4 Å². The minimum absolute atomic E-state index is 0.0301. The van der Waals surface area contributed by atoms with E-state index in [1.54, 1.807) is 7.05 Å². The molecule has 1 fully saturated rings. The van der Waals surface area contributed by atoms with E-state index in [0.717, 1.165) is 16.8 Å². The van der Waals surface area contributed by atoms with E-state index in [-0.39, 0.29) is 5.91 Å². The summed E-state index contributed by atoms with van der Waals surface area (Å²) in [5, 5.41) is 6.30. The molecule has 1 aliphatic heterocycles. The summed E-state index contributed by atoms with van der Waals surface area (Å²) in [6, 6.07) is 6.41. The molecule has 4 heteroatoms. The molecular formula is C17H27N3O. The number of carbonyl (C=O) groups excluding carboxylic acids is 1. The van der Waals surface area contributed by atoms with Crippen LogP contribution in [-0.4, -0.2) is 43.5 Å². The van der Waals surface area contributed by atoms with Crippen molar-refractivity contribution in [2.24, 2.45) is 0 Å². The number of benzene rings is 1. The molecule has 1 aliphatic rings. The molecule has 0 aromatic heterocycles. The second-order valence-corrected chi connectivity index (χ2v) is 5.87. The zero-order chi connectivity index (χ0) is 15.2. The maximum atomic E-state index is 11.6. The molecule has 0 bridgehead atoms. The first kappa shape index (κ1) is 15.8. The van der Waals surface area contributed by atoms with Gasteiger partial charge in [-0.3, -0.25) is 4.79 Å². The van der Waals surface area contributed by atoms with Gasteiger partial charge in [-0.15, -0.1) is 0 Å². The van der Waals surface area contributed by atoms with Crippen molar-refractivity contribution in [3.63, 3.8) is 0 Å². The van der Waals surface area contributed by atoms with Gasteiger partial charge in [-0.05, 0) is 56.5 Å². The molecule has 0 atom stereocenters. The van der Waals surface area contributed by atoms with Crippen LogP contribution in [0.25, 0.3) is 0 Å². The van der Waals surface area contributed by atoms with Crippen LogP contribution in [-0.2, 0) is 0 Å². The van der Waals surface area contributed by atoms with Crippen molar-refractivity contribution in [1.29, 1.82) is 0 Å². The summed E-state index contributed by atoms with van der Waals surface area (Å²) in [6.07, 6.45) is 3.62. The standard InChI is InChI=1S/C17H27N3O/c1-4-9-20-10-7-15(8-11-20)19-16-6-5-14(12-13(16)2)17(21)18-3/h5-6,12,15,19H,4,7-11H2,1-3H3,(H,18,21). The maximum absolute atomic E-state index is 11.6. The van der Waals surface area contributed by atoms with Crippen molar-refractivity contribution in [3.8, 4) is 0 Å². The summed E-state index contributed by atoms with van der Waals surface area (Å²) in [6.45, 7) is 7.87. The highest BCUT2D eigenvalue weighted by Crippen LogP contribution is 2.21. The van der Waals surface area contributed by atoms with Crippen LogP contribution >= 0.6 is 0 Å². The number of anilines is 1. The Morgan fingerprint density at radius 2 is 2.05 bits per heavy atom. The van der Waals surface area contributed by atoms with Crippen molar-refractivity contribution < 1.29 is 4.79 Å². The van der Waals surface area contributed by atoms with E-state index in [4.69, 9.17) is 0 Å². The van der Waals surface area contributed by atoms with Gasteiger partial charge in [0.05, 0.1) is 0 Å². The van der Waals surface area contributed by atoms with Gasteiger partial charge in [-0.2, -0.15) is 0 Å². The van der Waals surface area contributed by atoms with Gasteiger partial charge in [-0.25, -0.2) is 0 Å². The smallest absolute Gasteiger partial charge is 0.251 e. The van der Waals surface area contributed by atoms with Gasteiger partial charge in [0.2, 0.25) is 0 Å². The van der Waals surface area contributed by atoms with Gasteiger partial charge in [0.25, 0.3) is 5.91 Å². The molecule has 1 heterocycles. The average molecular weight is 289 g/mol. The predicted molar refractivity (Wildman–Crippen MR) is 87.9 cm³/mol. The molecule has 0 unspecified atom stereocenters. The number of aryl methyl sites for hydroxylation is 1. The fourth-order valence-corrected chi connectivity index (χ4v) is 2.95. The number of piperidine rings is 1. The molecule has 0 aliphatic carbocycles. The molecule has 0 saturated carbocycles. The number of rotatable bonds is 5. The molecular weight excluding hydrogens is 262 g/mol. The third kappa shape index (κ3) is 4.21. The Morgan fingerprint density at radius 3 is 2.62 bits per heavy atom. The highest BCUT2D eigenvalue weighted by atomic mass is 16.1. The number of nitrogens with one attached hydrogen (secondary N) is 2. The van der Waals surface area contributed by atoms with Crippen LogP contribution in [0.15, 0.2) is 18.2 Å². The molecule has 1 aromatic rings. The van der Waals surface area contributed by atoms with E-state index in [9.17, 15) is 4.79 Å². The number of amides is 1. The fourth-order valence-electron chi connectivity index (χ4n) is 2.95. The summed E-state index contributed by atoms with van der Waals surface area (Å²) in [5.74, 6) is -0.0301. The molecule has 2 N–H and O–H groups in total. The highest BCUT2D eigenvalue weighted by molar-refractivity contribution is 5.94. The lowest BCUT2D eigenvalue weighted by atomic mass is 10.0. The van der Waals surface area contributed by atoms with Crippen molar-refractivity contribution in [3.05, 3.63) is 29.3 Å². The molecule has 0 spiro atoms. The van der Waals surface area contributed by atoms with Crippen molar-refractivity contribution in [2.45, 2.75) is 39.2 Å². The Bertz CT molecular complexity index is 479. The van der Waals surface area contributed by atoms with E-state index in [2.05, 4.69) is 29.4 Å². The number of hydrogen-bond donors (Lipinski definition) is 2. The second-order valence-electron chi connectivity index (χ2n) is 5.87. The third-order valence-corrected chi connectivity index (χ3v) is 4.20. The van der Waals surface area contributed by atoms with Crippen molar-refractivity contribution in [2.75, 3.05) is 32.0 Å². The normalized spacial score (nSPS) is 16.7. The van der Waals surface area contributed by atoms with Gasteiger partial charge in [0.15, 0.2) is 0 Å². The molecule has 0 radical (unpaired) electrons. The van der Waals surface area contributed by atoms with E-state index in [1.165, 1.54) is 38.9 Å². The number of hydrogen-bond acceptors (Lipinski definition) is 3. The lowest BCUT2D eigenvalue weighted by Crippen LogP contribution is -2.39. The van der Waals surface area contributed by atoms with E-state index < -0.39 is 0 Å². The molecule has 1 amide bonds. The average Bonchev–Trinajstić information content (AvgIpc) is 2.50. The zero-order valence-corrected chi connectivity index (χ0v) is 13.4. The van der Waals surface area contributed by atoms with E-state index in [1.807, 2.05) is 18.2 Å². The fraction of sp³-hybridized carbons (Fsp3) is 0.588. The lowest BCUT2D eigenvalue weighted by Gasteiger charge is -2.33. The van der Waals surface area contributed by atoms with Crippen LogP contribution in [0.1, 0.15) is 42.1 Å². The minimum atomic E-state index is -0.0301. The molecule has 116 valence electrons. The first-order valence-electron chi connectivity index (χ1n) is 7.95. The highest BCUT2D eigenvalue weighted by Gasteiger charge is 2.18. The van der Waals surface area contributed by atoms with Crippen molar-refractivity contribution >= 4 is 11.6 Å². The molecule has 4 nitrogen and oxygen atoms in total. The lowest BCUT2D eigenvalue weighted by molar-refractivity contribution is 0.0963. The predicted octanol–water partition coefficient (Wildman–Crippen LogP) is 2.64. The van der Waals surface area contributed by atoms with Crippen LogP contribution in [0.2, 0.25) is 0 Å². The third-order valence-electron chi connectivity index (χ3n) is 4.20. The molecule has 1 saturated heterocycles. The minimum Gasteiger partial charge on any atom is -0.382 e. The summed E-state index contributed by atoms with van der Waals surface area (Å²) in [4.78, 5) is 14.2. The van der Waals surface area contributed by atoms with Gasteiger partial charge in [-0.1, -0.05) is 6.92 Å². The number of nitrogens with zero attached hydrogens (tertiary/aromatic N) is 1. The second kappa shape index (κ2) is 7.46. The Hall–Kier alpha value is -1.55. The van der Waals surface area contributed by atoms with Crippen LogP contribution in [0.3, 0.4) is 0 Å². The number of carbonyl (C=O) groups is 1. The van der Waals surface area contributed by atoms with Crippen LogP contribution in [0.4, 0.5) is 5.69 Å². The van der Waals surface area contributed by atoms with Crippen LogP contribution in [0, 0.1) is 6.92 Å². The summed E-state index contributed by atoms with van der Waals surface area (Å²) in [5.41, 5.74) is 3.00. The maximum Gasteiger partial charge on any atom is 0.251 e.